The number of hydrogen-bond acceptors (Lipinski definition) is 6. The van der Waals surface area contributed by atoms with Crippen molar-refractivity contribution in [2.75, 3.05) is 11.9 Å². The van der Waals surface area contributed by atoms with Gasteiger partial charge in [0.15, 0.2) is 10.9 Å². The molecule has 0 fully saturated rings. The summed E-state index contributed by atoms with van der Waals surface area (Å²) in [6.07, 6.45) is 0. The molecule has 0 saturated carbocycles. The molecule has 5 nitrogen and oxygen atoms in total. The second-order valence-electron chi connectivity index (χ2n) is 5.05. The fourth-order valence-electron chi connectivity index (χ4n) is 1.93. The normalized spacial score (nSPS) is 10.5. The third-order valence-electron chi connectivity index (χ3n) is 3.12. The van der Waals surface area contributed by atoms with Gasteiger partial charge in [0, 0.05) is 11.3 Å². The number of benzene rings is 2. The van der Waals surface area contributed by atoms with Crippen molar-refractivity contribution in [3.8, 4) is 5.75 Å². The summed E-state index contributed by atoms with van der Waals surface area (Å²) in [6.45, 7) is -0.152. The lowest BCUT2D eigenvalue weighted by Crippen LogP contribution is -2.20. The molecule has 0 aliphatic heterocycles. The standard InChI is InChI=1S/C17H13F2N3O2S2/c18-12-6-7-14(19)11(8-12)10-25-17-22-21-16(26-17)20-15(23)9-24-13-4-2-1-3-5-13/h1-8H,9-10H2,(H,20,21,23). The number of carbonyl (C=O) groups excluding carboxylic acids is 1. The van der Waals surface area contributed by atoms with Crippen LogP contribution in [0.5, 0.6) is 5.75 Å². The minimum Gasteiger partial charge on any atom is -0.484 e. The molecule has 0 atom stereocenters. The molecule has 0 saturated heterocycles. The first kappa shape index (κ1) is 18.3. The second-order valence-corrected chi connectivity index (χ2v) is 7.25. The molecule has 0 radical (unpaired) electrons. The maximum Gasteiger partial charge on any atom is 0.264 e. The maximum atomic E-state index is 13.6. The number of anilines is 1. The predicted octanol–water partition coefficient (Wildman–Crippen LogP) is 4.13. The first-order valence-corrected chi connectivity index (χ1v) is 9.28. The number of halogens is 2. The first-order chi connectivity index (χ1) is 12.6. The van der Waals surface area contributed by atoms with Crippen LogP contribution in [-0.2, 0) is 10.5 Å². The van der Waals surface area contributed by atoms with E-state index in [1.807, 2.05) is 18.2 Å². The Morgan fingerprint density at radius 1 is 1.15 bits per heavy atom. The number of ether oxygens (including phenoxy) is 1. The number of para-hydroxylation sites is 1. The summed E-state index contributed by atoms with van der Waals surface area (Å²) in [7, 11) is 0. The largest absolute Gasteiger partial charge is 0.484 e. The van der Waals surface area contributed by atoms with Gasteiger partial charge in [-0.15, -0.1) is 10.2 Å². The van der Waals surface area contributed by atoms with E-state index in [0.717, 1.165) is 29.5 Å². The minimum absolute atomic E-state index is 0.152. The van der Waals surface area contributed by atoms with Crippen LogP contribution < -0.4 is 10.1 Å². The summed E-state index contributed by atoms with van der Waals surface area (Å²) in [5.74, 6) is -0.532. The molecule has 1 N–H and O–H groups in total. The maximum absolute atomic E-state index is 13.6. The molecule has 0 bridgehead atoms. The molecule has 0 aliphatic rings. The van der Waals surface area contributed by atoms with E-state index >= 15 is 0 Å². The lowest BCUT2D eigenvalue weighted by atomic mass is 10.2. The smallest absolute Gasteiger partial charge is 0.264 e. The fourth-order valence-corrected chi connectivity index (χ4v) is 3.67. The number of carbonyl (C=O) groups is 1. The van der Waals surface area contributed by atoms with Crippen molar-refractivity contribution >= 4 is 34.1 Å². The Morgan fingerprint density at radius 2 is 1.96 bits per heavy atom. The van der Waals surface area contributed by atoms with Crippen molar-refractivity contribution in [3.63, 3.8) is 0 Å². The molecule has 0 unspecified atom stereocenters. The van der Waals surface area contributed by atoms with Crippen LogP contribution in [0.1, 0.15) is 5.56 Å². The van der Waals surface area contributed by atoms with Gasteiger partial charge in [-0.2, -0.15) is 0 Å². The third kappa shape index (κ3) is 5.24. The van der Waals surface area contributed by atoms with Gasteiger partial charge in [-0.05, 0) is 30.3 Å². The van der Waals surface area contributed by atoms with E-state index in [4.69, 9.17) is 4.74 Å². The zero-order valence-electron chi connectivity index (χ0n) is 13.3. The Labute approximate surface area is 156 Å². The Kier molecular flexibility index (Phi) is 6.13. The Balaban J connectivity index is 1.49. The van der Waals surface area contributed by atoms with E-state index in [-0.39, 0.29) is 23.8 Å². The van der Waals surface area contributed by atoms with Gasteiger partial charge in [0.1, 0.15) is 17.4 Å². The lowest BCUT2D eigenvalue weighted by Gasteiger charge is -2.04. The third-order valence-corrected chi connectivity index (χ3v) is 5.15. The van der Waals surface area contributed by atoms with Crippen molar-refractivity contribution in [1.29, 1.82) is 0 Å². The van der Waals surface area contributed by atoms with E-state index in [0.29, 0.717) is 15.2 Å². The van der Waals surface area contributed by atoms with Gasteiger partial charge in [0.2, 0.25) is 5.13 Å². The van der Waals surface area contributed by atoms with Crippen LogP contribution in [0.25, 0.3) is 0 Å². The SMILES string of the molecule is O=C(COc1ccccc1)Nc1nnc(SCc2cc(F)ccc2F)s1. The summed E-state index contributed by atoms with van der Waals surface area (Å²) in [4.78, 5) is 11.9. The van der Waals surface area contributed by atoms with Crippen molar-refractivity contribution in [3.05, 3.63) is 65.7 Å². The summed E-state index contributed by atoms with van der Waals surface area (Å²) in [6, 6.07) is 12.3. The summed E-state index contributed by atoms with van der Waals surface area (Å²) in [5.41, 5.74) is 0.243. The summed E-state index contributed by atoms with van der Waals surface area (Å²) in [5, 5.41) is 10.7. The van der Waals surface area contributed by atoms with Crippen LogP contribution in [-0.4, -0.2) is 22.7 Å². The average Bonchev–Trinajstić information content (AvgIpc) is 3.09. The van der Waals surface area contributed by atoms with E-state index in [1.54, 1.807) is 12.1 Å². The number of aromatic nitrogens is 2. The number of nitrogens with one attached hydrogen (secondary N) is 1. The number of hydrogen-bond donors (Lipinski definition) is 1. The highest BCUT2D eigenvalue weighted by molar-refractivity contribution is 8.00. The van der Waals surface area contributed by atoms with E-state index < -0.39 is 11.6 Å². The number of nitrogens with zero attached hydrogens (tertiary/aromatic N) is 2. The van der Waals surface area contributed by atoms with Gasteiger partial charge >= 0.3 is 0 Å². The topological polar surface area (TPSA) is 64.1 Å². The molecule has 1 aromatic heterocycles. The molecule has 3 rings (SSSR count). The van der Waals surface area contributed by atoms with Crippen LogP contribution in [0.3, 0.4) is 0 Å². The zero-order chi connectivity index (χ0) is 18.4. The molecule has 9 heteroatoms. The molecule has 3 aromatic rings. The Hall–Kier alpha value is -2.52. The van der Waals surface area contributed by atoms with Gasteiger partial charge in [0.05, 0.1) is 0 Å². The van der Waals surface area contributed by atoms with Crippen molar-refractivity contribution in [2.24, 2.45) is 0 Å². The molecule has 26 heavy (non-hydrogen) atoms. The molecular weight excluding hydrogens is 380 g/mol. The molecule has 134 valence electrons. The van der Waals surface area contributed by atoms with Crippen LogP contribution in [0.2, 0.25) is 0 Å². The average molecular weight is 393 g/mol. The Bertz CT molecular complexity index is 891. The van der Waals surface area contributed by atoms with Gasteiger partial charge < -0.3 is 4.74 Å². The van der Waals surface area contributed by atoms with Gasteiger partial charge in [-0.25, -0.2) is 8.78 Å². The van der Waals surface area contributed by atoms with Gasteiger partial charge in [-0.3, -0.25) is 10.1 Å². The van der Waals surface area contributed by atoms with Gasteiger partial charge in [-0.1, -0.05) is 41.3 Å². The van der Waals surface area contributed by atoms with Crippen LogP contribution in [0, 0.1) is 11.6 Å². The number of thioether (sulfide) groups is 1. The van der Waals surface area contributed by atoms with E-state index in [2.05, 4.69) is 15.5 Å². The molecule has 1 amide bonds. The second kappa shape index (κ2) is 8.72. The highest BCUT2D eigenvalue weighted by atomic mass is 32.2. The highest BCUT2D eigenvalue weighted by Gasteiger charge is 2.11. The first-order valence-electron chi connectivity index (χ1n) is 7.48. The van der Waals surface area contributed by atoms with Crippen molar-refractivity contribution in [1.82, 2.24) is 10.2 Å². The molecule has 2 aromatic carbocycles. The molecule has 0 aliphatic carbocycles. The molecule has 1 heterocycles. The zero-order valence-corrected chi connectivity index (χ0v) is 14.9. The minimum atomic E-state index is -0.495. The quantitative estimate of drug-likeness (QED) is 0.483. The highest BCUT2D eigenvalue weighted by Crippen LogP contribution is 2.29. The molecular formula is C17H13F2N3O2S2. The predicted molar refractivity (Wildman–Crippen MR) is 96.4 cm³/mol. The van der Waals surface area contributed by atoms with Crippen LogP contribution in [0.4, 0.5) is 13.9 Å². The Morgan fingerprint density at radius 3 is 2.77 bits per heavy atom. The van der Waals surface area contributed by atoms with Crippen LogP contribution >= 0.6 is 23.1 Å². The van der Waals surface area contributed by atoms with Crippen molar-refractivity contribution in [2.45, 2.75) is 10.1 Å². The molecule has 0 spiro atoms. The van der Waals surface area contributed by atoms with Gasteiger partial charge in [0.25, 0.3) is 5.91 Å². The van der Waals surface area contributed by atoms with E-state index in [9.17, 15) is 13.6 Å². The number of amides is 1. The summed E-state index contributed by atoms with van der Waals surface area (Å²) >= 11 is 2.36. The van der Waals surface area contributed by atoms with Crippen molar-refractivity contribution < 1.29 is 18.3 Å². The van der Waals surface area contributed by atoms with E-state index in [1.165, 1.54) is 11.8 Å². The summed E-state index contributed by atoms with van der Waals surface area (Å²) < 4.78 is 32.6. The number of rotatable bonds is 7. The fraction of sp³-hybridized carbons (Fsp3) is 0.118. The lowest BCUT2D eigenvalue weighted by molar-refractivity contribution is -0.118. The van der Waals surface area contributed by atoms with Crippen LogP contribution in [0.15, 0.2) is 52.9 Å². The monoisotopic (exact) mass is 393 g/mol.